The minimum absolute atomic E-state index is 0.0457. The number of nitrogens with zero attached hydrogens (tertiary/aromatic N) is 1. The molecule has 0 aliphatic rings. The fourth-order valence-electron chi connectivity index (χ4n) is 0.697. The lowest BCUT2D eigenvalue weighted by Gasteiger charge is -2.17. The summed E-state index contributed by atoms with van der Waals surface area (Å²) >= 11 is 0. The van der Waals surface area contributed by atoms with E-state index in [0.717, 1.165) is 6.42 Å². The monoisotopic (exact) mass is 145 g/mol. The van der Waals surface area contributed by atoms with Gasteiger partial charge in [0.1, 0.15) is 0 Å². The van der Waals surface area contributed by atoms with E-state index in [9.17, 15) is 4.79 Å². The molecule has 0 aliphatic carbocycles. The molecule has 60 valence electrons. The van der Waals surface area contributed by atoms with Crippen molar-refractivity contribution in [1.82, 2.24) is 5.06 Å². The van der Waals surface area contributed by atoms with Crippen LogP contribution in [0.4, 0.5) is 0 Å². The van der Waals surface area contributed by atoms with Crippen molar-refractivity contribution in [3.05, 3.63) is 0 Å². The molecule has 0 N–H and O–H groups in total. The zero-order chi connectivity index (χ0) is 7.98. The van der Waals surface area contributed by atoms with Gasteiger partial charge in [0.2, 0.25) is 5.91 Å². The van der Waals surface area contributed by atoms with Gasteiger partial charge in [-0.05, 0) is 6.42 Å². The molecule has 0 aliphatic heterocycles. The van der Waals surface area contributed by atoms with Crippen molar-refractivity contribution in [2.75, 3.05) is 13.7 Å². The zero-order valence-electron chi connectivity index (χ0n) is 6.89. The predicted octanol–water partition coefficient (Wildman–Crippen LogP) is 1.20. The summed E-state index contributed by atoms with van der Waals surface area (Å²) in [5, 5.41) is 1.39. The second-order valence-corrected chi connectivity index (χ2v) is 2.03. The van der Waals surface area contributed by atoms with Crippen molar-refractivity contribution in [2.45, 2.75) is 26.7 Å². The molecule has 0 heterocycles. The average molecular weight is 145 g/mol. The molecule has 3 heteroatoms. The van der Waals surface area contributed by atoms with E-state index in [-0.39, 0.29) is 5.91 Å². The van der Waals surface area contributed by atoms with E-state index in [4.69, 9.17) is 4.84 Å². The van der Waals surface area contributed by atoms with E-state index in [1.807, 2.05) is 13.8 Å². The highest BCUT2D eigenvalue weighted by Crippen LogP contribution is 1.94. The van der Waals surface area contributed by atoms with E-state index < -0.39 is 0 Å². The number of hydrogen-bond donors (Lipinski definition) is 0. The maximum atomic E-state index is 10.9. The molecule has 0 aromatic rings. The molecule has 0 aromatic heterocycles. The summed E-state index contributed by atoms with van der Waals surface area (Å²) in [6.07, 6.45) is 1.44. The van der Waals surface area contributed by atoms with Crippen LogP contribution in [0.2, 0.25) is 0 Å². The molecule has 3 nitrogen and oxygen atoms in total. The number of rotatable bonds is 4. The van der Waals surface area contributed by atoms with Crippen LogP contribution in [0.15, 0.2) is 0 Å². The first-order valence-electron chi connectivity index (χ1n) is 3.60. The van der Waals surface area contributed by atoms with Crippen LogP contribution in [0.5, 0.6) is 0 Å². The van der Waals surface area contributed by atoms with Crippen LogP contribution in [0.1, 0.15) is 26.7 Å². The summed E-state index contributed by atoms with van der Waals surface area (Å²) in [5.74, 6) is 0.0457. The van der Waals surface area contributed by atoms with Gasteiger partial charge in [-0.25, -0.2) is 5.06 Å². The van der Waals surface area contributed by atoms with Crippen LogP contribution in [0.3, 0.4) is 0 Å². The van der Waals surface area contributed by atoms with Crippen molar-refractivity contribution in [1.29, 1.82) is 0 Å². The molecule has 0 atom stereocenters. The fraction of sp³-hybridized carbons (Fsp3) is 0.857. The Hall–Kier alpha value is -0.570. The van der Waals surface area contributed by atoms with Crippen molar-refractivity contribution in [3.8, 4) is 0 Å². The second-order valence-electron chi connectivity index (χ2n) is 2.03. The van der Waals surface area contributed by atoms with E-state index in [1.165, 1.54) is 12.2 Å². The third-order valence-corrected chi connectivity index (χ3v) is 1.23. The van der Waals surface area contributed by atoms with Gasteiger partial charge < -0.3 is 0 Å². The molecule has 1 amide bonds. The first kappa shape index (κ1) is 9.43. The Morgan fingerprint density at radius 2 is 2.10 bits per heavy atom. The van der Waals surface area contributed by atoms with Gasteiger partial charge in [-0.1, -0.05) is 13.8 Å². The highest BCUT2D eigenvalue weighted by atomic mass is 16.7. The van der Waals surface area contributed by atoms with Crippen molar-refractivity contribution >= 4 is 5.91 Å². The van der Waals surface area contributed by atoms with Crippen molar-refractivity contribution in [3.63, 3.8) is 0 Å². The summed E-state index contributed by atoms with van der Waals surface area (Å²) in [6, 6.07) is 0. The van der Waals surface area contributed by atoms with Gasteiger partial charge in [0.05, 0.1) is 7.11 Å². The lowest BCUT2D eigenvalue weighted by atomic mass is 10.4. The first-order valence-corrected chi connectivity index (χ1v) is 3.60. The molecular weight excluding hydrogens is 130 g/mol. The van der Waals surface area contributed by atoms with Gasteiger partial charge in [0.25, 0.3) is 0 Å². The van der Waals surface area contributed by atoms with Crippen LogP contribution >= 0.6 is 0 Å². The molecule has 0 radical (unpaired) electrons. The van der Waals surface area contributed by atoms with Gasteiger partial charge in [-0.2, -0.15) is 0 Å². The van der Waals surface area contributed by atoms with Crippen molar-refractivity contribution < 1.29 is 9.63 Å². The maximum absolute atomic E-state index is 10.9. The quantitative estimate of drug-likeness (QED) is 0.556. The normalized spacial score (nSPS) is 9.50. The van der Waals surface area contributed by atoms with E-state index in [1.54, 1.807) is 0 Å². The topological polar surface area (TPSA) is 29.5 Å². The van der Waals surface area contributed by atoms with E-state index >= 15 is 0 Å². The Bertz CT molecular complexity index is 104. The maximum Gasteiger partial charge on any atom is 0.245 e. The molecule has 0 rings (SSSR count). The highest BCUT2D eigenvalue weighted by molar-refractivity contribution is 5.74. The largest absolute Gasteiger partial charge is 0.274 e. The Balaban J connectivity index is 3.68. The summed E-state index contributed by atoms with van der Waals surface area (Å²) in [7, 11) is 1.52. The minimum atomic E-state index is 0.0457. The molecule has 0 aromatic carbocycles. The summed E-state index contributed by atoms with van der Waals surface area (Å²) in [4.78, 5) is 15.8. The van der Waals surface area contributed by atoms with Gasteiger partial charge in [-0.3, -0.25) is 9.63 Å². The standard InChI is InChI=1S/C7H15NO2/c1-4-6-8(10-3)7(9)5-2/h4-6H2,1-3H3. The molecular formula is C7H15NO2. The molecule has 0 saturated heterocycles. The van der Waals surface area contributed by atoms with Crippen molar-refractivity contribution in [2.24, 2.45) is 0 Å². The molecule has 0 bridgehead atoms. The third-order valence-electron chi connectivity index (χ3n) is 1.23. The number of amides is 1. The first-order chi connectivity index (χ1) is 4.76. The Morgan fingerprint density at radius 3 is 2.40 bits per heavy atom. The van der Waals surface area contributed by atoms with Crippen LogP contribution in [0, 0.1) is 0 Å². The van der Waals surface area contributed by atoms with Crippen LogP contribution in [-0.4, -0.2) is 24.6 Å². The van der Waals surface area contributed by atoms with E-state index in [0.29, 0.717) is 13.0 Å². The number of hydroxylamine groups is 2. The summed E-state index contributed by atoms with van der Waals surface area (Å²) in [6.45, 7) is 4.52. The SMILES string of the molecule is CCCN(OC)C(=O)CC. The Morgan fingerprint density at radius 1 is 1.50 bits per heavy atom. The molecule has 0 spiro atoms. The van der Waals surface area contributed by atoms with Gasteiger partial charge in [0.15, 0.2) is 0 Å². The number of hydrogen-bond acceptors (Lipinski definition) is 2. The van der Waals surface area contributed by atoms with Gasteiger partial charge in [0, 0.05) is 13.0 Å². The third kappa shape index (κ3) is 2.82. The smallest absolute Gasteiger partial charge is 0.245 e. The summed E-state index contributed by atoms with van der Waals surface area (Å²) < 4.78 is 0. The molecule has 0 unspecified atom stereocenters. The zero-order valence-corrected chi connectivity index (χ0v) is 6.89. The number of carbonyl (C=O) groups excluding carboxylic acids is 1. The minimum Gasteiger partial charge on any atom is -0.274 e. The predicted molar refractivity (Wildman–Crippen MR) is 39.3 cm³/mol. The molecule has 0 saturated carbocycles. The van der Waals surface area contributed by atoms with Crippen LogP contribution in [0.25, 0.3) is 0 Å². The number of carbonyl (C=O) groups is 1. The molecule has 10 heavy (non-hydrogen) atoms. The summed E-state index contributed by atoms with van der Waals surface area (Å²) in [5.41, 5.74) is 0. The lowest BCUT2D eigenvalue weighted by Crippen LogP contribution is -2.29. The Labute approximate surface area is 61.9 Å². The highest BCUT2D eigenvalue weighted by Gasteiger charge is 2.07. The lowest BCUT2D eigenvalue weighted by molar-refractivity contribution is -0.175. The Kier molecular flexibility index (Phi) is 4.94. The van der Waals surface area contributed by atoms with Gasteiger partial charge >= 0.3 is 0 Å². The average Bonchev–Trinajstić information content (AvgIpc) is 1.99. The van der Waals surface area contributed by atoms with Crippen LogP contribution < -0.4 is 0 Å². The van der Waals surface area contributed by atoms with Gasteiger partial charge in [-0.15, -0.1) is 0 Å². The van der Waals surface area contributed by atoms with Crippen LogP contribution in [-0.2, 0) is 9.63 Å². The molecule has 0 fully saturated rings. The van der Waals surface area contributed by atoms with E-state index in [2.05, 4.69) is 0 Å². The second kappa shape index (κ2) is 5.23. The fourth-order valence-corrected chi connectivity index (χ4v) is 0.697.